The Balaban J connectivity index is 2.02. The fourth-order valence-electron chi connectivity index (χ4n) is 4.27. The number of aliphatic carboxylic acids is 1. The maximum atomic E-state index is 13.5. The molecule has 0 aliphatic carbocycles. The number of halogens is 6. The summed E-state index contributed by atoms with van der Waals surface area (Å²) in [4.78, 5) is 30.4. The highest BCUT2D eigenvalue weighted by Gasteiger charge is 2.54. The third-order valence-corrected chi connectivity index (χ3v) is 5.84. The van der Waals surface area contributed by atoms with E-state index in [9.17, 15) is 41.0 Å². The zero-order valence-corrected chi connectivity index (χ0v) is 18.5. The number of carboxylic acid groups (broad SMARTS) is 1. The van der Waals surface area contributed by atoms with Crippen LogP contribution in [0.2, 0.25) is 0 Å². The van der Waals surface area contributed by atoms with Crippen molar-refractivity contribution in [1.29, 1.82) is 0 Å². The Kier molecular flexibility index (Phi) is 7.32. The fraction of sp³-hybridized carbons (Fsp3) is 0.435. The van der Waals surface area contributed by atoms with Crippen molar-refractivity contribution in [3.8, 4) is 5.75 Å². The van der Waals surface area contributed by atoms with Crippen LogP contribution < -0.4 is 4.74 Å². The number of carbonyl (C=O) groups is 2. The highest BCUT2D eigenvalue weighted by molar-refractivity contribution is 5.95. The summed E-state index contributed by atoms with van der Waals surface area (Å²) in [5.41, 5.74) is -5.17. The number of carbonyl (C=O) groups excluding carboxylic acids is 1. The number of amides is 1. The molecule has 1 aliphatic rings. The van der Waals surface area contributed by atoms with Crippen molar-refractivity contribution in [2.75, 3.05) is 6.54 Å². The molecule has 1 aromatic heterocycles. The Hall–Kier alpha value is -3.31. The molecule has 1 aliphatic heterocycles. The van der Waals surface area contributed by atoms with Gasteiger partial charge in [-0.3, -0.25) is 9.78 Å². The second-order valence-electron chi connectivity index (χ2n) is 8.12. The van der Waals surface area contributed by atoms with Crippen LogP contribution in [0.25, 0.3) is 0 Å². The number of pyridine rings is 1. The minimum absolute atomic E-state index is 0.0389. The van der Waals surface area contributed by atoms with Crippen LogP contribution in [0, 0.1) is 0 Å². The Bertz CT molecular complexity index is 1070. The van der Waals surface area contributed by atoms with Crippen LogP contribution in [0.15, 0.2) is 42.6 Å². The van der Waals surface area contributed by atoms with Crippen molar-refractivity contribution in [2.45, 2.75) is 56.6 Å². The Labute approximate surface area is 196 Å². The van der Waals surface area contributed by atoms with Crippen LogP contribution in [0.4, 0.5) is 26.3 Å². The highest BCUT2D eigenvalue weighted by atomic mass is 19.4. The molecule has 12 heteroatoms. The maximum absolute atomic E-state index is 13.5. The zero-order chi connectivity index (χ0) is 26.0. The fourth-order valence-corrected chi connectivity index (χ4v) is 4.27. The predicted molar refractivity (Wildman–Crippen MR) is 111 cm³/mol. The summed E-state index contributed by atoms with van der Waals surface area (Å²) in [5, 5.41) is 10.1. The lowest BCUT2D eigenvalue weighted by Gasteiger charge is -2.47. The molecule has 1 amide bonds. The lowest BCUT2D eigenvalue weighted by Crippen LogP contribution is -2.65. The summed E-state index contributed by atoms with van der Waals surface area (Å²) in [5.74, 6) is -2.76. The molecule has 0 radical (unpaired) electrons. The van der Waals surface area contributed by atoms with Crippen molar-refractivity contribution >= 4 is 11.9 Å². The van der Waals surface area contributed by atoms with Crippen LogP contribution in [0.1, 0.15) is 54.2 Å². The summed E-state index contributed by atoms with van der Waals surface area (Å²) in [6, 6.07) is 3.95. The van der Waals surface area contributed by atoms with Crippen molar-refractivity contribution in [3.63, 3.8) is 0 Å². The number of rotatable bonds is 6. The van der Waals surface area contributed by atoms with E-state index in [4.69, 9.17) is 4.74 Å². The van der Waals surface area contributed by atoms with Crippen LogP contribution >= 0.6 is 0 Å². The Morgan fingerprint density at radius 3 is 2.31 bits per heavy atom. The van der Waals surface area contributed by atoms with Gasteiger partial charge < -0.3 is 14.7 Å². The van der Waals surface area contributed by atoms with E-state index in [1.807, 2.05) is 0 Å². The number of piperidine rings is 1. The number of aromatic nitrogens is 1. The van der Waals surface area contributed by atoms with Crippen molar-refractivity contribution in [2.24, 2.45) is 0 Å². The van der Waals surface area contributed by atoms with Gasteiger partial charge >= 0.3 is 18.3 Å². The van der Waals surface area contributed by atoms with E-state index >= 15 is 0 Å². The Morgan fingerprint density at radius 1 is 1.11 bits per heavy atom. The number of hydrogen-bond acceptors (Lipinski definition) is 4. The maximum Gasteiger partial charge on any atom is 0.418 e. The molecule has 1 N–H and O–H groups in total. The average molecular weight is 504 g/mol. The first-order valence-corrected chi connectivity index (χ1v) is 10.7. The van der Waals surface area contributed by atoms with Gasteiger partial charge in [0.1, 0.15) is 11.4 Å². The van der Waals surface area contributed by atoms with Gasteiger partial charge in [0.05, 0.1) is 17.2 Å². The van der Waals surface area contributed by atoms with Gasteiger partial charge in [-0.1, -0.05) is 13.3 Å². The number of benzene rings is 1. The van der Waals surface area contributed by atoms with E-state index in [1.54, 1.807) is 6.92 Å². The number of hydrogen-bond donors (Lipinski definition) is 1. The first-order chi connectivity index (χ1) is 16.3. The van der Waals surface area contributed by atoms with Crippen molar-refractivity contribution in [1.82, 2.24) is 9.88 Å². The second kappa shape index (κ2) is 9.74. The molecule has 2 unspecified atom stereocenters. The predicted octanol–water partition coefficient (Wildman–Crippen LogP) is 5.43. The topological polar surface area (TPSA) is 79.7 Å². The minimum atomic E-state index is -4.87. The van der Waals surface area contributed by atoms with Gasteiger partial charge in [-0.25, -0.2) is 4.79 Å². The summed E-state index contributed by atoms with van der Waals surface area (Å²) in [6.07, 6.45) is -8.05. The molecular weight excluding hydrogens is 482 g/mol. The van der Waals surface area contributed by atoms with Gasteiger partial charge in [-0.05, 0) is 49.2 Å². The molecular formula is C23H22F6N2O4. The molecule has 2 aromatic rings. The van der Waals surface area contributed by atoms with E-state index < -0.39 is 52.7 Å². The standard InChI is InChI=1S/C23H22F6N2O4/c1-2-5-17-21(20(33)34,35-15-9-7-14(8-10-15)22(24,25)26)11-4-13-31(17)19(32)18-16(23(27,28)29)6-3-12-30-18/h3,6-10,12,17H,2,4-5,11,13H2,1H3,(H,33,34). The van der Waals surface area contributed by atoms with E-state index in [2.05, 4.69) is 4.98 Å². The van der Waals surface area contributed by atoms with E-state index in [-0.39, 0.29) is 31.6 Å². The number of carboxylic acids is 1. The van der Waals surface area contributed by atoms with Crippen LogP contribution in [-0.4, -0.2) is 45.1 Å². The molecule has 190 valence electrons. The first-order valence-electron chi connectivity index (χ1n) is 10.7. The molecule has 0 spiro atoms. The summed E-state index contributed by atoms with van der Waals surface area (Å²) in [7, 11) is 0. The average Bonchev–Trinajstić information content (AvgIpc) is 2.79. The number of likely N-dealkylation sites (tertiary alicyclic amines) is 1. The largest absolute Gasteiger partial charge is 0.478 e. The summed E-state index contributed by atoms with van der Waals surface area (Å²) < 4.78 is 84.9. The molecule has 0 saturated carbocycles. The van der Waals surface area contributed by atoms with Gasteiger partial charge in [0, 0.05) is 19.2 Å². The van der Waals surface area contributed by atoms with Crippen molar-refractivity contribution < 1.29 is 45.8 Å². The number of nitrogens with zero attached hydrogens (tertiary/aromatic N) is 2. The van der Waals surface area contributed by atoms with Gasteiger partial charge in [-0.15, -0.1) is 0 Å². The molecule has 6 nitrogen and oxygen atoms in total. The molecule has 2 heterocycles. The minimum Gasteiger partial charge on any atom is -0.478 e. The summed E-state index contributed by atoms with van der Waals surface area (Å²) in [6.45, 7) is 1.66. The lowest BCUT2D eigenvalue weighted by molar-refractivity contribution is -0.166. The third-order valence-electron chi connectivity index (χ3n) is 5.84. The number of alkyl halides is 6. The molecule has 0 bridgehead atoms. The summed E-state index contributed by atoms with van der Waals surface area (Å²) >= 11 is 0. The molecule has 1 aromatic carbocycles. The Morgan fingerprint density at radius 2 is 1.77 bits per heavy atom. The zero-order valence-electron chi connectivity index (χ0n) is 18.5. The third kappa shape index (κ3) is 5.35. The quantitative estimate of drug-likeness (QED) is 0.531. The van der Waals surface area contributed by atoms with E-state index in [0.29, 0.717) is 12.5 Å². The molecule has 1 saturated heterocycles. The number of ether oxygens (including phenoxy) is 1. The van der Waals surface area contributed by atoms with Crippen LogP contribution in [0.3, 0.4) is 0 Å². The SMILES string of the molecule is CCCC1N(C(=O)c2ncccc2C(F)(F)F)CCCC1(Oc1ccc(C(F)(F)F)cc1)C(=O)O. The smallest absolute Gasteiger partial charge is 0.418 e. The lowest BCUT2D eigenvalue weighted by atomic mass is 9.81. The monoisotopic (exact) mass is 504 g/mol. The molecule has 2 atom stereocenters. The van der Waals surface area contributed by atoms with E-state index in [1.165, 1.54) is 0 Å². The van der Waals surface area contributed by atoms with Gasteiger partial charge in [0.15, 0.2) is 0 Å². The first kappa shape index (κ1) is 26.3. The molecule has 3 rings (SSSR count). The second-order valence-corrected chi connectivity index (χ2v) is 8.12. The molecule has 35 heavy (non-hydrogen) atoms. The molecule has 1 fully saturated rings. The van der Waals surface area contributed by atoms with E-state index in [0.717, 1.165) is 41.4 Å². The normalized spacial score (nSPS) is 21.0. The van der Waals surface area contributed by atoms with Gasteiger partial charge in [0.2, 0.25) is 5.60 Å². The highest BCUT2D eigenvalue weighted by Crippen LogP contribution is 2.39. The van der Waals surface area contributed by atoms with Crippen LogP contribution in [0.5, 0.6) is 5.75 Å². The van der Waals surface area contributed by atoms with Gasteiger partial charge in [-0.2, -0.15) is 26.3 Å². The van der Waals surface area contributed by atoms with Crippen molar-refractivity contribution in [3.05, 3.63) is 59.4 Å². The van der Waals surface area contributed by atoms with Gasteiger partial charge in [0.25, 0.3) is 5.91 Å². The van der Waals surface area contributed by atoms with Crippen LogP contribution in [-0.2, 0) is 17.1 Å².